The smallest absolute Gasteiger partial charge is 0.326 e. The molecule has 1 aromatic heterocycles. The molecular weight excluding hydrogens is 346 g/mol. The molecule has 0 unspecified atom stereocenters. The number of aromatic nitrogens is 2. The number of carbonyl (C=O) groups excluding carboxylic acids is 2. The number of carboxylic acids is 2. The van der Waals surface area contributed by atoms with Gasteiger partial charge in [-0.2, -0.15) is 0 Å². The van der Waals surface area contributed by atoms with Gasteiger partial charge in [0.15, 0.2) is 0 Å². The van der Waals surface area contributed by atoms with Gasteiger partial charge in [-0.25, -0.2) is 9.78 Å². The minimum atomic E-state index is -1.32. The lowest BCUT2D eigenvalue weighted by Gasteiger charge is -2.25. The maximum absolute atomic E-state index is 12.4. The van der Waals surface area contributed by atoms with Gasteiger partial charge in [-0.05, 0) is 5.92 Å². The Kier molecular flexibility index (Phi) is 7.72. The monoisotopic (exact) mass is 369 g/mol. The maximum atomic E-state index is 12.4. The molecule has 7 N–H and O–H groups in total. The molecule has 0 aliphatic rings. The number of nitrogens with two attached hydrogens (primary N) is 1. The van der Waals surface area contributed by atoms with E-state index in [0.717, 1.165) is 0 Å². The summed E-state index contributed by atoms with van der Waals surface area (Å²) in [5, 5.41) is 22.7. The van der Waals surface area contributed by atoms with Crippen LogP contribution in [0.25, 0.3) is 0 Å². The summed E-state index contributed by atoms with van der Waals surface area (Å²) in [5.74, 6) is -4.38. The van der Waals surface area contributed by atoms with Gasteiger partial charge in [0.05, 0.1) is 18.8 Å². The third-order valence-corrected chi connectivity index (χ3v) is 3.57. The molecule has 0 saturated heterocycles. The molecule has 0 aliphatic carbocycles. The summed E-state index contributed by atoms with van der Waals surface area (Å²) in [4.78, 5) is 52.9. The Morgan fingerprint density at radius 3 is 2.31 bits per heavy atom. The van der Waals surface area contributed by atoms with E-state index in [4.69, 9.17) is 10.8 Å². The second kappa shape index (κ2) is 9.51. The Bertz CT molecular complexity index is 645. The number of carbonyl (C=O) groups is 4. The Labute approximate surface area is 149 Å². The number of aromatic amines is 1. The molecule has 2 amide bonds. The SMILES string of the molecule is CC(C)[C@H](NC(=O)[C@@H](N)CC(=O)O)C(=O)N[C@@H](Cc1cnc[nH]1)C(=O)O. The zero-order valence-corrected chi connectivity index (χ0v) is 14.4. The van der Waals surface area contributed by atoms with E-state index in [1.165, 1.54) is 12.5 Å². The van der Waals surface area contributed by atoms with Crippen LogP contribution in [-0.2, 0) is 25.6 Å². The van der Waals surface area contributed by atoms with Gasteiger partial charge in [-0.1, -0.05) is 13.8 Å². The van der Waals surface area contributed by atoms with Gasteiger partial charge in [-0.3, -0.25) is 14.4 Å². The van der Waals surface area contributed by atoms with Crippen molar-refractivity contribution in [2.45, 2.75) is 44.8 Å². The van der Waals surface area contributed by atoms with Gasteiger partial charge in [0.25, 0.3) is 0 Å². The van der Waals surface area contributed by atoms with E-state index in [-0.39, 0.29) is 12.3 Å². The van der Waals surface area contributed by atoms with Gasteiger partial charge in [0, 0.05) is 18.3 Å². The van der Waals surface area contributed by atoms with E-state index in [0.29, 0.717) is 5.69 Å². The molecule has 0 fully saturated rings. The number of rotatable bonds is 10. The highest BCUT2D eigenvalue weighted by Gasteiger charge is 2.30. The van der Waals surface area contributed by atoms with Gasteiger partial charge in [-0.15, -0.1) is 0 Å². The van der Waals surface area contributed by atoms with Crippen molar-refractivity contribution in [2.24, 2.45) is 11.7 Å². The van der Waals surface area contributed by atoms with Crippen LogP contribution >= 0.6 is 0 Å². The summed E-state index contributed by atoms with van der Waals surface area (Å²) in [6, 6.07) is -3.61. The van der Waals surface area contributed by atoms with Crippen LogP contribution in [-0.4, -0.2) is 62.1 Å². The van der Waals surface area contributed by atoms with Crippen molar-refractivity contribution in [3.63, 3.8) is 0 Å². The number of imidazole rings is 1. The first-order valence-electron chi connectivity index (χ1n) is 7.90. The normalized spacial score (nSPS) is 14.3. The molecule has 0 aromatic carbocycles. The highest BCUT2D eigenvalue weighted by atomic mass is 16.4. The number of amides is 2. The molecule has 0 saturated carbocycles. The van der Waals surface area contributed by atoms with Crippen molar-refractivity contribution >= 4 is 23.8 Å². The molecule has 0 bridgehead atoms. The van der Waals surface area contributed by atoms with Gasteiger partial charge < -0.3 is 31.6 Å². The lowest BCUT2D eigenvalue weighted by atomic mass is 10.0. The first-order valence-corrected chi connectivity index (χ1v) is 7.90. The number of hydrogen-bond donors (Lipinski definition) is 6. The number of aliphatic carboxylic acids is 2. The topological polar surface area (TPSA) is 188 Å². The zero-order valence-electron chi connectivity index (χ0n) is 14.4. The van der Waals surface area contributed by atoms with Crippen molar-refractivity contribution in [3.05, 3.63) is 18.2 Å². The summed E-state index contributed by atoms with van der Waals surface area (Å²) in [7, 11) is 0. The second-order valence-electron chi connectivity index (χ2n) is 6.12. The first-order chi connectivity index (χ1) is 12.1. The quantitative estimate of drug-likeness (QED) is 0.286. The summed E-state index contributed by atoms with van der Waals surface area (Å²) in [6.45, 7) is 3.30. The fourth-order valence-corrected chi connectivity index (χ4v) is 2.15. The van der Waals surface area contributed by atoms with Crippen molar-refractivity contribution in [1.82, 2.24) is 20.6 Å². The molecule has 1 rings (SSSR count). The van der Waals surface area contributed by atoms with E-state index in [1.54, 1.807) is 13.8 Å². The number of carboxylic acid groups (broad SMARTS) is 2. The van der Waals surface area contributed by atoms with Crippen LogP contribution in [0.3, 0.4) is 0 Å². The number of hydrogen-bond acceptors (Lipinski definition) is 6. The predicted octanol–water partition coefficient (Wildman–Crippen LogP) is -1.54. The second-order valence-corrected chi connectivity index (χ2v) is 6.12. The van der Waals surface area contributed by atoms with E-state index in [1.807, 2.05) is 0 Å². The molecule has 1 heterocycles. The Morgan fingerprint density at radius 1 is 1.19 bits per heavy atom. The maximum Gasteiger partial charge on any atom is 0.326 e. The fourth-order valence-electron chi connectivity index (χ4n) is 2.15. The molecule has 3 atom stereocenters. The van der Waals surface area contributed by atoms with Gasteiger partial charge in [0.2, 0.25) is 11.8 Å². The Balaban J connectivity index is 2.78. The van der Waals surface area contributed by atoms with Crippen LogP contribution in [0.2, 0.25) is 0 Å². The number of H-pyrrole nitrogens is 1. The third kappa shape index (κ3) is 6.51. The Morgan fingerprint density at radius 2 is 1.85 bits per heavy atom. The highest BCUT2D eigenvalue weighted by molar-refractivity contribution is 5.93. The van der Waals surface area contributed by atoms with E-state index >= 15 is 0 Å². The fraction of sp³-hybridized carbons (Fsp3) is 0.533. The van der Waals surface area contributed by atoms with Gasteiger partial charge in [0.1, 0.15) is 12.1 Å². The van der Waals surface area contributed by atoms with Crippen molar-refractivity contribution in [1.29, 1.82) is 0 Å². The molecule has 26 heavy (non-hydrogen) atoms. The van der Waals surface area contributed by atoms with Crippen LogP contribution in [0.4, 0.5) is 0 Å². The summed E-state index contributed by atoms with van der Waals surface area (Å²) in [5.41, 5.74) is 6.00. The average molecular weight is 369 g/mol. The predicted molar refractivity (Wildman–Crippen MR) is 88.9 cm³/mol. The van der Waals surface area contributed by atoms with Crippen LogP contribution in [0, 0.1) is 5.92 Å². The molecule has 1 aromatic rings. The Hall–Kier alpha value is -2.95. The van der Waals surface area contributed by atoms with Gasteiger partial charge >= 0.3 is 11.9 Å². The van der Waals surface area contributed by atoms with Crippen LogP contribution < -0.4 is 16.4 Å². The largest absolute Gasteiger partial charge is 0.481 e. The number of nitrogens with zero attached hydrogens (tertiary/aromatic N) is 1. The van der Waals surface area contributed by atoms with Crippen LogP contribution in [0.5, 0.6) is 0 Å². The average Bonchev–Trinajstić information content (AvgIpc) is 3.03. The summed E-state index contributed by atoms with van der Waals surface area (Å²) < 4.78 is 0. The standard InChI is InChI=1S/C15H23N5O6/c1-7(2)12(20-13(23)9(16)4-11(21)22)14(24)19-10(15(25)26)3-8-5-17-6-18-8/h5-7,9-10,12H,3-4,16H2,1-2H3,(H,17,18)(H,19,24)(H,20,23)(H,21,22)(H,25,26)/t9-,10-,12-/m0/s1. The molecule has 11 heteroatoms. The van der Waals surface area contributed by atoms with Crippen molar-refractivity contribution < 1.29 is 29.4 Å². The lowest BCUT2D eigenvalue weighted by Crippen LogP contribution is -2.56. The number of nitrogens with one attached hydrogen (secondary N) is 3. The molecule has 0 radical (unpaired) electrons. The van der Waals surface area contributed by atoms with E-state index in [9.17, 15) is 24.3 Å². The van der Waals surface area contributed by atoms with Crippen molar-refractivity contribution in [2.75, 3.05) is 0 Å². The van der Waals surface area contributed by atoms with Crippen LogP contribution in [0.1, 0.15) is 26.0 Å². The van der Waals surface area contributed by atoms with Crippen molar-refractivity contribution in [3.8, 4) is 0 Å². The molecule has 11 nitrogen and oxygen atoms in total. The summed E-state index contributed by atoms with van der Waals surface area (Å²) in [6.07, 6.45) is 2.22. The highest BCUT2D eigenvalue weighted by Crippen LogP contribution is 2.06. The molecular formula is C15H23N5O6. The third-order valence-electron chi connectivity index (χ3n) is 3.57. The minimum Gasteiger partial charge on any atom is -0.481 e. The molecule has 144 valence electrons. The summed E-state index contributed by atoms with van der Waals surface area (Å²) >= 11 is 0. The van der Waals surface area contributed by atoms with E-state index in [2.05, 4.69) is 20.6 Å². The lowest BCUT2D eigenvalue weighted by molar-refractivity contribution is -0.143. The van der Waals surface area contributed by atoms with Crippen LogP contribution in [0.15, 0.2) is 12.5 Å². The zero-order chi connectivity index (χ0) is 19.9. The molecule has 0 spiro atoms. The van der Waals surface area contributed by atoms with E-state index < -0.39 is 48.3 Å². The first kappa shape index (κ1) is 21.1. The molecule has 0 aliphatic heterocycles. The minimum absolute atomic E-state index is 0.0155.